The van der Waals surface area contributed by atoms with Gasteiger partial charge in [-0.1, -0.05) is 19.3 Å². The number of ether oxygens (including phenoxy) is 1. The molecule has 0 radical (unpaired) electrons. The van der Waals surface area contributed by atoms with E-state index in [1.54, 1.807) is 0 Å². The van der Waals surface area contributed by atoms with Crippen molar-refractivity contribution >= 4 is 29.3 Å². The number of rotatable bonds is 8. The molecular formula is C33H51ClN4O4S. The Hall–Kier alpha value is -1.13. The van der Waals surface area contributed by atoms with Gasteiger partial charge in [0.1, 0.15) is 5.82 Å². The lowest BCUT2D eigenvalue weighted by molar-refractivity contribution is -0.142. The first-order chi connectivity index (χ1) is 20.7. The van der Waals surface area contributed by atoms with E-state index in [-0.39, 0.29) is 40.3 Å². The highest BCUT2D eigenvalue weighted by molar-refractivity contribution is 8.00. The van der Waals surface area contributed by atoms with Crippen molar-refractivity contribution in [2.24, 2.45) is 17.8 Å². The fourth-order valence-electron chi connectivity index (χ4n) is 9.12. The predicted molar refractivity (Wildman–Crippen MR) is 172 cm³/mol. The molecule has 5 aliphatic rings. The van der Waals surface area contributed by atoms with Crippen LogP contribution in [0.3, 0.4) is 0 Å². The van der Waals surface area contributed by atoms with E-state index in [2.05, 4.69) is 24.2 Å². The number of carboxylic acids is 1. The van der Waals surface area contributed by atoms with Gasteiger partial charge in [-0.3, -0.25) is 14.2 Å². The number of piperidine rings is 1. The van der Waals surface area contributed by atoms with Crippen LogP contribution in [0.25, 0.3) is 0 Å². The van der Waals surface area contributed by atoms with Crippen molar-refractivity contribution in [3.63, 3.8) is 0 Å². The van der Waals surface area contributed by atoms with Crippen LogP contribution in [0.4, 0.5) is 0 Å². The zero-order chi connectivity index (χ0) is 30.2. The summed E-state index contributed by atoms with van der Waals surface area (Å²) in [4.78, 5) is 33.3. The number of thioether (sulfide) groups is 1. The lowest BCUT2D eigenvalue weighted by Gasteiger charge is -2.47. The molecule has 2 saturated heterocycles. The highest BCUT2D eigenvalue weighted by atomic mass is 35.5. The van der Waals surface area contributed by atoms with Crippen LogP contribution in [0, 0.1) is 24.7 Å². The number of nitrogens with zero attached hydrogens (tertiary/aromatic N) is 3. The second kappa shape index (κ2) is 13.7. The van der Waals surface area contributed by atoms with Gasteiger partial charge < -0.3 is 20.1 Å². The van der Waals surface area contributed by atoms with E-state index in [4.69, 9.17) is 21.3 Å². The molecule has 3 aliphatic carbocycles. The quantitative estimate of drug-likeness (QED) is 0.399. The summed E-state index contributed by atoms with van der Waals surface area (Å²) < 4.78 is 8.50. The smallest absolute Gasteiger partial charge is 0.308 e. The Morgan fingerprint density at radius 1 is 1.14 bits per heavy atom. The summed E-state index contributed by atoms with van der Waals surface area (Å²) in [6.07, 6.45) is 13.1. The van der Waals surface area contributed by atoms with Gasteiger partial charge >= 0.3 is 5.97 Å². The number of hydrogen-bond acceptors (Lipinski definition) is 7. The Labute approximate surface area is 266 Å². The van der Waals surface area contributed by atoms with E-state index in [1.807, 2.05) is 23.3 Å². The third-order valence-corrected chi connectivity index (χ3v) is 13.5. The molecule has 0 bridgehead atoms. The number of aryl methyl sites for hydroxylation is 2. The lowest BCUT2D eigenvalue weighted by Crippen LogP contribution is -2.57. The van der Waals surface area contributed by atoms with Crippen molar-refractivity contribution in [2.75, 3.05) is 19.4 Å². The number of likely N-dealkylation sites (N-methyl/N-ethyl adjacent to an activating group) is 1. The highest BCUT2D eigenvalue weighted by Gasteiger charge is 2.51. The fourth-order valence-corrected chi connectivity index (χ4v) is 11.3. The van der Waals surface area contributed by atoms with E-state index < -0.39 is 5.97 Å². The molecule has 0 aromatic carbocycles. The average Bonchev–Trinajstić information content (AvgIpc) is 3.43. The molecule has 0 spiro atoms. The minimum absolute atomic E-state index is 0.00335. The van der Waals surface area contributed by atoms with Crippen LogP contribution in [-0.2, 0) is 28.9 Å². The largest absolute Gasteiger partial charge is 0.481 e. The van der Waals surface area contributed by atoms with E-state index in [9.17, 15) is 14.7 Å². The minimum Gasteiger partial charge on any atom is -0.481 e. The van der Waals surface area contributed by atoms with Crippen LogP contribution < -0.4 is 10.9 Å². The van der Waals surface area contributed by atoms with Crippen LogP contribution in [-0.4, -0.2) is 85.8 Å². The van der Waals surface area contributed by atoms with E-state index in [0.29, 0.717) is 42.8 Å². The molecule has 10 heteroatoms. The van der Waals surface area contributed by atoms with Crippen LogP contribution >= 0.6 is 23.4 Å². The Morgan fingerprint density at radius 2 is 1.93 bits per heavy atom. The SMILES string of the molecule is Cc1nc2c(c(=O)n1CCOC1CCC(Cl)CC1C1CC(C)NC3C(C(=O)O)CSC13)CC(N(C)C1CCCCC1)CC2. The first-order valence-electron chi connectivity index (χ1n) is 16.9. The van der Waals surface area contributed by atoms with Gasteiger partial charge in [0.15, 0.2) is 0 Å². The zero-order valence-corrected chi connectivity index (χ0v) is 27.8. The van der Waals surface area contributed by atoms with Gasteiger partial charge in [0, 0.05) is 46.1 Å². The molecule has 8 nitrogen and oxygen atoms in total. The second-order valence-corrected chi connectivity index (χ2v) is 15.9. The molecule has 4 fully saturated rings. The third kappa shape index (κ3) is 6.72. The Kier molecular flexibility index (Phi) is 10.1. The maximum Gasteiger partial charge on any atom is 0.308 e. The van der Waals surface area contributed by atoms with E-state index >= 15 is 0 Å². The Balaban J connectivity index is 1.13. The van der Waals surface area contributed by atoms with E-state index in [1.165, 1.54) is 32.1 Å². The number of fused-ring (bicyclic) bond motifs is 2. The standard InChI is InChI=1S/C33H51ClN4O4S/c1-19-15-25(31-30(35-19)27(18-43-31)33(40)41)24-16-21(34)9-12-29(24)42-14-13-38-20(2)36-28-11-10-23(17-26(28)32(38)39)37(3)22-7-5-4-6-8-22/h19,21-25,27,29-31,35H,4-18H2,1-3H3,(H,40,41). The first kappa shape index (κ1) is 31.8. The van der Waals surface area contributed by atoms with Crippen molar-refractivity contribution in [3.8, 4) is 0 Å². The summed E-state index contributed by atoms with van der Waals surface area (Å²) in [6.45, 7) is 5.11. The number of aromatic nitrogens is 2. The second-order valence-electron chi connectivity index (χ2n) is 14.1. The summed E-state index contributed by atoms with van der Waals surface area (Å²) in [6, 6.07) is 1.32. The van der Waals surface area contributed by atoms with E-state index in [0.717, 1.165) is 62.0 Å². The summed E-state index contributed by atoms with van der Waals surface area (Å²) in [5, 5.41) is 13.8. The summed E-state index contributed by atoms with van der Waals surface area (Å²) in [5.74, 6) is 1.07. The number of halogens is 1. The summed E-state index contributed by atoms with van der Waals surface area (Å²) >= 11 is 8.57. The fraction of sp³-hybridized carbons (Fsp3) is 0.848. The summed E-state index contributed by atoms with van der Waals surface area (Å²) in [7, 11) is 2.27. The van der Waals surface area contributed by atoms with Crippen molar-refractivity contribution in [1.82, 2.24) is 19.8 Å². The molecule has 43 heavy (non-hydrogen) atoms. The minimum atomic E-state index is -0.696. The molecule has 2 aliphatic heterocycles. The number of nitrogens with one attached hydrogen (secondary N) is 1. The van der Waals surface area contributed by atoms with Crippen LogP contribution in [0.2, 0.25) is 0 Å². The molecule has 6 rings (SSSR count). The van der Waals surface area contributed by atoms with Crippen molar-refractivity contribution < 1.29 is 14.6 Å². The number of aliphatic carboxylic acids is 1. The van der Waals surface area contributed by atoms with Gasteiger partial charge in [-0.05, 0) is 90.5 Å². The summed E-state index contributed by atoms with van der Waals surface area (Å²) in [5.41, 5.74) is 2.02. The molecule has 1 aromatic rings. The maximum absolute atomic E-state index is 13.8. The van der Waals surface area contributed by atoms with Gasteiger partial charge in [0.2, 0.25) is 0 Å². The molecule has 9 atom stereocenters. The molecule has 3 heterocycles. The molecule has 2 saturated carbocycles. The van der Waals surface area contributed by atoms with Crippen LogP contribution in [0.1, 0.15) is 88.2 Å². The van der Waals surface area contributed by atoms with Crippen LogP contribution in [0.15, 0.2) is 4.79 Å². The number of hydrogen-bond donors (Lipinski definition) is 2. The third-order valence-electron chi connectivity index (χ3n) is 11.5. The number of carboxylic acid groups (broad SMARTS) is 1. The Bertz CT molecular complexity index is 1210. The van der Waals surface area contributed by atoms with Crippen LogP contribution in [0.5, 0.6) is 0 Å². The maximum atomic E-state index is 13.8. The van der Waals surface area contributed by atoms with Crippen molar-refractivity contribution in [2.45, 2.75) is 138 Å². The molecule has 1 aromatic heterocycles. The zero-order valence-electron chi connectivity index (χ0n) is 26.2. The first-order valence-corrected chi connectivity index (χ1v) is 18.4. The molecule has 9 unspecified atom stereocenters. The van der Waals surface area contributed by atoms with Gasteiger partial charge in [-0.2, -0.15) is 11.8 Å². The predicted octanol–water partition coefficient (Wildman–Crippen LogP) is 4.65. The Morgan fingerprint density at radius 3 is 2.70 bits per heavy atom. The monoisotopic (exact) mass is 634 g/mol. The van der Waals surface area contributed by atoms with Crippen molar-refractivity contribution in [1.29, 1.82) is 0 Å². The topological polar surface area (TPSA) is 96.7 Å². The van der Waals surface area contributed by atoms with Gasteiger partial charge in [-0.25, -0.2) is 4.98 Å². The van der Waals surface area contributed by atoms with Crippen molar-refractivity contribution in [3.05, 3.63) is 27.4 Å². The molecule has 2 N–H and O–H groups in total. The van der Waals surface area contributed by atoms with Gasteiger partial charge in [-0.15, -0.1) is 11.6 Å². The molecule has 0 amide bonds. The average molecular weight is 635 g/mol. The molecular weight excluding hydrogens is 584 g/mol. The van der Waals surface area contributed by atoms with Gasteiger partial charge in [0.05, 0.1) is 30.9 Å². The molecule has 240 valence electrons. The normalized spacial score (nSPS) is 36.8. The number of alkyl halides is 1. The highest BCUT2D eigenvalue weighted by Crippen LogP contribution is 2.48. The lowest BCUT2D eigenvalue weighted by atomic mass is 9.70. The van der Waals surface area contributed by atoms with Gasteiger partial charge in [0.25, 0.3) is 5.56 Å². The number of carbonyl (C=O) groups is 1.